The Morgan fingerprint density at radius 1 is 1.07 bits per heavy atom. The van der Waals surface area contributed by atoms with E-state index >= 15 is 0 Å². The van der Waals surface area contributed by atoms with E-state index < -0.39 is 0 Å². The van der Waals surface area contributed by atoms with Crippen molar-refractivity contribution in [2.75, 3.05) is 10.6 Å². The normalized spacial score (nSPS) is 13.6. The Kier molecular flexibility index (Phi) is 4.44. The third-order valence-corrected chi connectivity index (χ3v) is 5.05. The smallest absolute Gasteiger partial charge is 0.228 e. The van der Waals surface area contributed by atoms with Gasteiger partial charge < -0.3 is 15.1 Å². The monoisotopic (exact) mass is 362 g/mol. The molecule has 0 aliphatic heterocycles. The first kappa shape index (κ1) is 17.3. The number of carbonyl (C=O) groups excluding carboxylic acids is 2. The maximum atomic E-state index is 12.5. The van der Waals surface area contributed by atoms with Crippen molar-refractivity contribution in [3.8, 4) is 0 Å². The van der Waals surface area contributed by atoms with E-state index in [1.54, 1.807) is 12.3 Å². The number of benzene rings is 2. The van der Waals surface area contributed by atoms with Gasteiger partial charge in [0.2, 0.25) is 11.8 Å². The molecule has 138 valence electrons. The molecule has 0 saturated heterocycles. The second kappa shape index (κ2) is 6.91. The summed E-state index contributed by atoms with van der Waals surface area (Å²) >= 11 is 0. The zero-order valence-electron chi connectivity index (χ0n) is 15.5. The van der Waals surface area contributed by atoms with E-state index in [1.165, 1.54) is 0 Å². The van der Waals surface area contributed by atoms with Crippen LogP contribution < -0.4 is 10.6 Å². The number of carbonyl (C=O) groups is 2. The molecule has 0 bridgehead atoms. The molecular formula is C22H22N2O3. The molecular weight excluding hydrogens is 340 g/mol. The summed E-state index contributed by atoms with van der Waals surface area (Å²) in [4.78, 5) is 24.4. The molecule has 1 aliphatic carbocycles. The average molecular weight is 362 g/mol. The Morgan fingerprint density at radius 3 is 2.56 bits per heavy atom. The van der Waals surface area contributed by atoms with Crippen LogP contribution in [-0.2, 0) is 16.0 Å². The van der Waals surface area contributed by atoms with Crippen LogP contribution in [0.15, 0.2) is 47.1 Å². The van der Waals surface area contributed by atoms with Crippen LogP contribution in [0.1, 0.15) is 29.5 Å². The Hall–Kier alpha value is -3.08. The van der Waals surface area contributed by atoms with E-state index in [-0.39, 0.29) is 24.2 Å². The average Bonchev–Trinajstić information content (AvgIpc) is 3.41. The number of aryl methyl sites for hydroxylation is 2. The highest BCUT2D eigenvalue weighted by atomic mass is 16.3. The van der Waals surface area contributed by atoms with Crippen LogP contribution in [0.3, 0.4) is 0 Å². The molecule has 0 radical (unpaired) electrons. The van der Waals surface area contributed by atoms with Crippen LogP contribution in [0.2, 0.25) is 0 Å². The molecule has 2 N–H and O–H groups in total. The third-order valence-electron chi connectivity index (χ3n) is 5.05. The minimum atomic E-state index is -0.124. The highest BCUT2D eigenvalue weighted by Crippen LogP contribution is 2.30. The number of fused-ring (bicyclic) bond motifs is 1. The fourth-order valence-electron chi connectivity index (χ4n) is 3.17. The highest BCUT2D eigenvalue weighted by molar-refractivity contribution is 5.97. The second-order valence-corrected chi connectivity index (χ2v) is 7.21. The van der Waals surface area contributed by atoms with Gasteiger partial charge in [-0.1, -0.05) is 18.2 Å². The van der Waals surface area contributed by atoms with Crippen LogP contribution in [0.5, 0.6) is 0 Å². The molecule has 1 heterocycles. The molecule has 2 amide bonds. The predicted molar refractivity (Wildman–Crippen MR) is 106 cm³/mol. The van der Waals surface area contributed by atoms with Crippen molar-refractivity contribution in [1.29, 1.82) is 0 Å². The summed E-state index contributed by atoms with van der Waals surface area (Å²) in [5, 5.41) is 6.76. The van der Waals surface area contributed by atoms with E-state index in [0.29, 0.717) is 11.4 Å². The predicted octanol–water partition coefficient (Wildman–Crippen LogP) is 4.58. The number of nitrogens with one attached hydrogen (secondary N) is 2. The summed E-state index contributed by atoms with van der Waals surface area (Å²) in [6, 6.07) is 11.3. The fraction of sp³-hybridized carbons (Fsp3) is 0.273. The lowest BCUT2D eigenvalue weighted by Crippen LogP contribution is -2.15. The molecule has 5 heteroatoms. The summed E-state index contributed by atoms with van der Waals surface area (Å²) in [6.07, 6.45) is 3.80. The first-order valence-corrected chi connectivity index (χ1v) is 9.18. The maximum absolute atomic E-state index is 12.5. The number of amides is 2. The van der Waals surface area contributed by atoms with Gasteiger partial charge in [-0.15, -0.1) is 0 Å². The van der Waals surface area contributed by atoms with Crippen LogP contribution in [0.25, 0.3) is 11.0 Å². The van der Waals surface area contributed by atoms with Crippen LogP contribution in [0.4, 0.5) is 11.4 Å². The van der Waals surface area contributed by atoms with Gasteiger partial charge in [-0.05, 0) is 56.0 Å². The quantitative estimate of drug-likeness (QED) is 0.698. The van der Waals surface area contributed by atoms with E-state index in [2.05, 4.69) is 10.6 Å². The van der Waals surface area contributed by atoms with Gasteiger partial charge in [0.15, 0.2) is 0 Å². The summed E-state index contributed by atoms with van der Waals surface area (Å²) in [5.41, 5.74) is 5.32. The molecule has 0 atom stereocenters. The van der Waals surface area contributed by atoms with Crippen molar-refractivity contribution in [3.63, 3.8) is 0 Å². The molecule has 27 heavy (non-hydrogen) atoms. The topological polar surface area (TPSA) is 71.3 Å². The third kappa shape index (κ3) is 3.72. The summed E-state index contributed by atoms with van der Waals surface area (Å²) in [7, 11) is 0. The number of hydrogen-bond donors (Lipinski definition) is 2. The van der Waals surface area contributed by atoms with Crippen molar-refractivity contribution in [3.05, 3.63) is 59.4 Å². The van der Waals surface area contributed by atoms with Gasteiger partial charge >= 0.3 is 0 Å². The van der Waals surface area contributed by atoms with Crippen LogP contribution in [-0.4, -0.2) is 11.8 Å². The van der Waals surface area contributed by atoms with E-state index in [0.717, 1.165) is 40.5 Å². The lowest BCUT2D eigenvalue weighted by Gasteiger charge is -2.08. The molecule has 4 rings (SSSR count). The molecule has 1 aromatic heterocycles. The Balaban J connectivity index is 1.45. The van der Waals surface area contributed by atoms with Gasteiger partial charge in [0.25, 0.3) is 0 Å². The first-order chi connectivity index (χ1) is 13.0. The fourth-order valence-corrected chi connectivity index (χ4v) is 3.17. The Bertz CT molecular complexity index is 1030. The molecule has 2 aromatic carbocycles. The number of anilines is 2. The maximum Gasteiger partial charge on any atom is 0.228 e. The van der Waals surface area contributed by atoms with Crippen molar-refractivity contribution in [2.45, 2.75) is 33.1 Å². The summed E-state index contributed by atoms with van der Waals surface area (Å²) in [6.45, 7) is 4.06. The lowest BCUT2D eigenvalue weighted by atomic mass is 10.0. The molecule has 1 aliphatic rings. The molecule has 1 saturated carbocycles. The minimum absolute atomic E-state index is 0.0500. The van der Waals surface area contributed by atoms with Gasteiger partial charge in [-0.25, -0.2) is 0 Å². The first-order valence-electron chi connectivity index (χ1n) is 9.18. The largest absolute Gasteiger partial charge is 0.464 e. The molecule has 1 fully saturated rings. The minimum Gasteiger partial charge on any atom is -0.464 e. The van der Waals surface area contributed by atoms with Gasteiger partial charge in [-0.3, -0.25) is 9.59 Å². The molecule has 5 nitrogen and oxygen atoms in total. The van der Waals surface area contributed by atoms with Crippen LogP contribution >= 0.6 is 0 Å². The van der Waals surface area contributed by atoms with Gasteiger partial charge in [-0.2, -0.15) is 0 Å². The summed E-state index contributed by atoms with van der Waals surface area (Å²) < 4.78 is 5.68. The highest BCUT2D eigenvalue weighted by Gasteiger charge is 2.29. The zero-order chi connectivity index (χ0) is 19.0. The lowest BCUT2D eigenvalue weighted by molar-refractivity contribution is -0.117. The standard InChI is InChI=1S/C22H22N2O3/c1-13-6-9-19-16(12-27-21(19)14(13)2)10-20(25)23-17-4-3-5-18(11-17)24-22(26)15-7-8-15/h3-6,9,11-12,15H,7-8,10H2,1-2H3,(H,23,25)(H,24,26). The Morgan fingerprint density at radius 2 is 1.81 bits per heavy atom. The van der Waals surface area contributed by atoms with E-state index in [9.17, 15) is 9.59 Å². The molecule has 0 unspecified atom stereocenters. The van der Waals surface area contributed by atoms with E-state index in [4.69, 9.17) is 4.42 Å². The molecule has 0 spiro atoms. The number of furan rings is 1. The summed E-state index contributed by atoms with van der Waals surface area (Å²) in [5.74, 6) is 0.0697. The number of hydrogen-bond acceptors (Lipinski definition) is 3. The number of rotatable bonds is 5. The van der Waals surface area contributed by atoms with Crippen molar-refractivity contribution in [1.82, 2.24) is 0 Å². The van der Waals surface area contributed by atoms with Crippen molar-refractivity contribution >= 4 is 34.2 Å². The van der Waals surface area contributed by atoms with Gasteiger partial charge in [0, 0.05) is 28.2 Å². The van der Waals surface area contributed by atoms with Crippen LogP contribution in [0, 0.1) is 19.8 Å². The Labute approximate surface area is 157 Å². The SMILES string of the molecule is Cc1ccc2c(CC(=O)Nc3cccc(NC(=O)C4CC4)c3)coc2c1C. The molecule has 3 aromatic rings. The zero-order valence-corrected chi connectivity index (χ0v) is 15.5. The van der Waals surface area contributed by atoms with Gasteiger partial charge in [0.1, 0.15) is 5.58 Å². The van der Waals surface area contributed by atoms with Crippen molar-refractivity contribution in [2.24, 2.45) is 5.92 Å². The van der Waals surface area contributed by atoms with Gasteiger partial charge in [0.05, 0.1) is 12.7 Å². The second-order valence-electron chi connectivity index (χ2n) is 7.21. The van der Waals surface area contributed by atoms with E-state index in [1.807, 2.05) is 44.2 Å². The van der Waals surface area contributed by atoms with Crippen molar-refractivity contribution < 1.29 is 14.0 Å².